The quantitative estimate of drug-likeness (QED) is 0.0519. The Balaban J connectivity index is 1.87. The molecule has 19 heteroatoms. The van der Waals surface area contributed by atoms with Gasteiger partial charge in [0, 0.05) is 5.69 Å². The number of para-hydroxylation sites is 1. The third kappa shape index (κ3) is 8.37. The van der Waals surface area contributed by atoms with Crippen LogP contribution in [0.2, 0.25) is 0 Å². The summed E-state index contributed by atoms with van der Waals surface area (Å²) < 4.78 is 0. The Hall–Kier alpha value is -8.61. The van der Waals surface area contributed by atoms with Gasteiger partial charge in [0.25, 0.3) is 0 Å². The molecule has 56 heavy (non-hydrogen) atoms. The van der Waals surface area contributed by atoms with Crippen LogP contribution >= 0.6 is 0 Å². The van der Waals surface area contributed by atoms with Crippen molar-refractivity contribution < 1.29 is 69.3 Å². The van der Waals surface area contributed by atoms with Crippen LogP contribution in [0, 0.1) is 0 Å². The van der Waals surface area contributed by atoms with Gasteiger partial charge in [-0.1, -0.05) is 18.2 Å². The number of nitrogens with one attached hydrogen (secondary N) is 4. The van der Waals surface area contributed by atoms with Crippen LogP contribution in [0.4, 0.5) is 39.8 Å². The first-order valence-corrected chi connectivity index (χ1v) is 15.7. The van der Waals surface area contributed by atoms with Gasteiger partial charge in [0.05, 0.1) is 61.8 Å². The molecule has 5 aromatic rings. The minimum absolute atomic E-state index is 0.0407. The fraction of sp³-hybridized carbons (Fsp3) is 0. The molecule has 11 N–H and O–H groups in total. The number of carbonyl (C=O) groups is 7. The molecule has 5 aromatic carbocycles. The van der Waals surface area contributed by atoms with Crippen LogP contribution in [0.5, 0.6) is 0 Å². The first kappa shape index (κ1) is 38.6. The second-order valence-corrected chi connectivity index (χ2v) is 11.5. The van der Waals surface area contributed by atoms with E-state index >= 15 is 0 Å². The summed E-state index contributed by atoms with van der Waals surface area (Å²) in [6.07, 6.45) is 0. The fourth-order valence-corrected chi connectivity index (χ4v) is 5.31. The van der Waals surface area contributed by atoms with E-state index in [-0.39, 0.29) is 33.8 Å². The van der Waals surface area contributed by atoms with Crippen molar-refractivity contribution in [3.8, 4) is 0 Å². The van der Waals surface area contributed by atoms with Crippen LogP contribution in [-0.4, -0.2) is 77.5 Å². The maximum Gasteiger partial charge on any atom is 0.340 e. The van der Waals surface area contributed by atoms with E-state index in [1.807, 2.05) is 0 Å². The van der Waals surface area contributed by atoms with E-state index in [4.69, 9.17) is 0 Å². The highest BCUT2D eigenvalue weighted by Gasteiger charge is 2.31. The largest absolute Gasteiger partial charge is 0.478 e. The highest BCUT2D eigenvalue weighted by atomic mass is 16.4. The third-order valence-corrected chi connectivity index (χ3v) is 7.89. The molecule has 0 saturated heterocycles. The molecule has 0 saturated carbocycles. The number of rotatable bonds is 16. The Labute approximate surface area is 313 Å². The lowest BCUT2D eigenvalue weighted by atomic mass is 10.0. The Morgan fingerprint density at radius 2 is 0.982 bits per heavy atom. The number of carboxylic acid groups (broad SMARTS) is 7. The van der Waals surface area contributed by atoms with Crippen molar-refractivity contribution in [3.63, 3.8) is 0 Å². The average Bonchev–Trinajstić information content (AvgIpc) is 3.14. The Kier molecular flexibility index (Phi) is 11.0. The van der Waals surface area contributed by atoms with E-state index in [0.717, 1.165) is 35.4 Å². The van der Waals surface area contributed by atoms with Crippen molar-refractivity contribution in [3.05, 3.63) is 136 Å². The first-order valence-electron chi connectivity index (χ1n) is 15.7. The summed E-state index contributed by atoms with van der Waals surface area (Å²) in [5, 5.41) is 76.0. The summed E-state index contributed by atoms with van der Waals surface area (Å²) >= 11 is 0. The second-order valence-electron chi connectivity index (χ2n) is 11.5. The van der Waals surface area contributed by atoms with Crippen LogP contribution in [0.1, 0.15) is 72.5 Å². The van der Waals surface area contributed by atoms with Gasteiger partial charge in [-0.05, 0) is 78.9 Å². The number of hydrogen-bond donors (Lipinski definition) is 11. The molecule has 0 aliphatic heterocycles. The van der Waals surface area contributed by atoms with Crippen LogP contribution in [-0.2, 0) is 0 Å². The van der Waals surface area contributed by atoms with Crippen molar-refractivity contribution in [2.24, 2.45) is 0 Å². The lowest BCUT2D eigenvalue weighted by Crippen LogP contribution is -2.37. The molecule has 5 rings (SSSR count). The van der Waals surface area contributed by atoms with Crippen molar-refractivity contribution in [1.82, 2.24) is 0 Å². The van der Waals surface area contributed by atoms with E-state index in [1.54, 1.807) is 0 Å². The molecule has 19 nitrogen and oxygen atoms in total. The minimum atomic E-state index is -1.80. The summed E-state index contributed by atoms with van der Waals surface area (Å²) in [4.78, 5) is 86.0. The van der Waals surface area contributed by atoms with Gasteiger partial charge < -0.3 is 46.4 Å². The molecular formula is C37H27N5O14. The van der Waals surface area contributed by atoms with E-state index < -0.39 is 86.8 Å². The summed E-state index contributed by atoms with van der Waals surface area (Å²) in [5.41, 5.74) is -0.176. The van der Waals surface area contributed by atoms with Gasteiger partial charge in [-0.25, -0.2) is 33.6 Å². The van der Waals surface area contributed by atoms with Crippen molar-refractivity contribution >= 4 is 81.6 Å². The molecule has 0 heterocycles. The zero-order valence-corrected chi connectivity index (χ0v) is 28.2. The first-order chi connectivity index (χ1) is 26.5. The molecule has 0 aromatic heterocycles. The molecule has 0 radical (unpaired) electrons. The average molecular weight is 766 g/mol. The molecule has 0 fully saturated rings. The maximum atomic E-state index is 13.3. The second kappa shape index (κ2) is 16.0. The summed E-state index contributed by atoms with van der Waals surface area (Å²) in [5.74, 6) is -10.7. The van der Waals surface area contributed by atoms with Gasteiger partial charge >= 0.3 is 41.8 Å². The van der Waals surface area contributed by atoms with Gasteiger partial charge in [0.2, 0.25) is 0 Å². The molecule has 0 amide bonds. The summed E-state index contributed by atoms with van der Waals surface area (Å²) in [7, 11) is 0. The predicted molar refractivity (Wildman–Crippen MR) is 197 cm³/mol. The molecule has 0 atom stereocenters. The highest BCUT2D eigenvalue weighted by molar-refractivity contribution is 6.13. The number of anilines is 7. The van der Waals surface area contributed by atoms with Crippen LogP contribution in [0.15, 0.2) is 97.1 Å². The monoisotopic (exact) mass is 765 g/mol. The Morgan fingerprint density at radius 1 is 0.411 bits per heavy atom. The van der Waals surface area contributed by atoms with Crippen LogP contribution in [0.25, 0.3) is 0 Å². The summed E-state index contributed by atoms with van der Waals surface area (Å²) in [6, 6.07) is 18.8. The van der Waals surface area contributed by atoms with Crippen molar-refractivity contribution in [2.75, 3.05) is 26.6 Å². The highest BCUT2D eigenvalue weighted by Crippen LogP contribution is 2.42. The predicted octanol–water partition coefficient (Wildman–Crippen LogP) is 5.92. The minimum Gasteiger partial charge on any atom is -0.478 e. The fourth-order valence-electron chi connectivity index (χ4n) is 5.31. The van der Waals surface area contributed by atoms with Crippen molar-refractivity contribution in [1.29, 1.82) is 0 Å². The zero-order valence-electron chi connectivity index (χ0n) is 28.2. The normalized spacial score (nSPS) is 10.4. The van der Waals surface area contributed by atoms with Gasteiger partial charge in [-0.2, -0.15) is 5.12 Å². The Morgan fingerprint density at radius 3 is 1.57 bits per heavy atom. The third-order valence-electron chi connectivity index (χ3n) is 7.89. The number of aromatic carboxylic acids is 7. The van der Waals surface area contributed by atoms with E-state index in [9.17, 15) is 69.3 Å². The van der Waals surface area contributed by atoms with Gasteiger partial charge in [-0.15, -0.1) is 0 Å². The molecule has 0 bridgehead atoms. The van der Waals surface area contributed by atoms with E-state index in [1.165, 1.54) is 66.7 Å². The standard InChI is InChI=1S/C37H27N5O14/c43-31(44)17-8-11-20(12-9-17)40-42(41-26-15-19(33(47)48)10-13-23(26)35(51)52)27-16-24(36(53)54)29(39-25-7-2-1-6-22(25)34(49)50)28(37(55)56)30(27)38-21-5-3-4-18(14-21)32(45)46/h1-16,38-41H,(H,43,44)(H,45,46)(H,47,48)(H,49,50)(H,51,52)(H,53,54)(H,55,56). The molecule has 284 valence electrons. The smallest absolute Gasteiger partial charge is 0.340 e. The lowest BCUT2D eigenvalue weighted by molar-refractivity contribution is 0.0681. The lowest BCUT2D eigenvalue weighted by Gasteiger charge is -2.32. The van der Waals surface area contributed by atoms with Gasteiger partial charge in [0.1, 0.15) is 11.3 Å². The van der Waals surface area contributed by atoms with Gasteiger partial charge in [-0.3, -0.25) is 10.9 Å². The number of nitrogens with zero attached hydrogens (tertiary/aromatic N) is 1. The molecule has 0 unspecified atom stereocenters. The molecule has 0 aliphatic carbocycles. The topological polar surface area (TPSA) is 312 Å². The van der Waals surface area contributed by atoms with E-state index in [0.29, 0.717) is 0 Å². The van der Waals surface area contributed by atoms with Crippen LogP contribution < -0.4 is 26.6 Å². The Bertz CT molecular complexity index is 2450. The van der Waals surface area contributed by atoms with Crippen molar-refractivity contribution in [2.45, 2.75) is 0 Å². The van der Waals surface area contributed by atoms with Gasteiger partial charge in [0.15, 0.2) is 0 Å². The summed E-state index contributed by atoms with van der Waals surface area (Å²) in [6.45, 7) is 0. The zero-order chi connectivity index (χ0) is 40.8. The van der Waals surface area contributed by atoms with E-state index in [2.05, 4.69) is 21.5 Å². The molecule has 0 aliphatic rings. The number of hydrazine groups is 2. The number of carboxylic acids is 7. The number of benzene rings is 5. The molecular weight excluding hydrogens is 738 g/mol. The molecule has 0 spiro atoms. The maximum absolute atomic E-state index is 13.3. The number of hydrogen-bond acceptors (Lipinski definition) is 12. The SMILES string of the molecule is O=C(O)c1ccc(NN(Nc2cc(C(=O)O)ccc2C(=O)O)c2cc(C(=O)O)c(Nc3ccccc3C(=O)O)c(C(=O)O)c2Nc2cccc(C(=O)O)c2)cc1. The van der Waals surface area contributed by atoms with Crippen LogP contribution in [0.3, 0.4) is 0 Å².